The van der Waals surface area contributed by atoms with Crippen LogP contribution in [0.15, 0.2) is 17.4 Å². The minimum absolute atomic E-state index is 0.389. The van der Waals surface area contributed by atoms with E-state index in [1.54, 1.807) is 13.8 Å². The van der Waals surface area contributed by atoms with Crippen molar-refractivity contribution in [1.29, 1.82) is 0 Å². The molecule has 1 fully saturated rings. The van der Waals surface area contributed by atoms with Crippen LogP contribution in [-0.2, 0) is 4.74 Å². The van der Waals surface area contributed by atoms with E-state index in [2.05, 4.69) is 5.73 Å². The molecule has 0 spiro atoms. The average molecular weight is 210 g/mol. The second-order valence-electron chi connectivity index (χ2n) is 3.90. The summed E-state index contributed by atoms with van der Waals surface area (Å²) in [5.74, 6) is 0. The van der Waals surface area contributed by atoms with Crippen molar-refractivity contribution in [3.63, 3.8) is 0 Å². The van der Waals surface area contributed by atoms with Gasteiger partial charge in [-0.05, 0) is 25.5 Å². The van der Waals surface area contributed by atoms with Crippen LogP contribution < -0.4 is 0 Å². The van der Waals surface area contributed by atoms with E-state index in [1.807, 2.05) is 0 Å². The molecule has 1 aliphatic heterocycles. The van der Waals surface area contributed by atoms with Crippen LogP contribution in [0.2, 0.25) is 0 Å². The predicted molar refractivity (Wildman–Crippen MR) is 55.4 cm³/mol. The van der Waals surface area contributed by atoms with Crippen LogP contribution in [0, 0.1) is 0 Å². The molecule has 1 aliphatic rings. The summed E-state index contributed by atoms with van der Waals surface area (Å²) in [6.45, 7) is 3.22. The Morgan fingerprint density at radius 1 is 1.60 bits per heavy atom. The summed E-state index contributed by atoms with van der Waals surface area (Å²) in [4.78, 5) is 0. The zero-order valence-electron chi connectivity index (χ0n) is 8.84. The lowest BCUT2D eigenvalue weighted by molar-refractivity contribution is -0.0285. The third kappa shape index (κ3) is 2.33. The van der Waals surface area contributed by atoms with Crippen molar-refractivity contribution < 1.29 is 20.1 Å². The van der Waals surface area contributed by atoms with Crippen LogP contribution in [0.5, 0.6) is 0 Å². The Morgan fingerprint density at radius 3 is 2.60 bits per heavy atom. The Labute approximate surface area is 90.3 Å². The molecule has 4 nitrogen and oxygen atoms in total. The first kappa shape index (κ1) is 12.5. The van der Waals surface area contributed by atoms with Gasteiger partial charge in [-0.25, -0.2) is 0 Å². The monoisotopic (exact) mass is 210 g/mol. The Balaban J connectivity index is 2.97. The van der Waals surface area contributed by atoms with E-state index in [4.69, 9.17) is 17.7 Å². The van der Waals surface area contributed by atoms with Crippen molar-refractivity contribution in [2.75, 3.05) is 6.61 Å². The van der Waals surface area contributed by atoms with Gasteiger partial charge in [-0.2, -0.15) is 0 Å². The molecule has 5 heteroatoms. The van der Waals surface area contributed by atoms with E-state index in [9.17, 15) is 10.2 Å². The van der Waals surface area contributed by atoms with Gasteiger partial charge in [-0.1, -0.05) is 0 Å². The summed E-state index contributed by atoms with van der Waals surface area (Å²) in [6, 6.07) is -1.06. The summed E-state index contributed by atoms with van der Waals surface area (Å²) in [6.07, 6.45) is -0.822. The van der Waals surface area contributed by atoms with E-state index < -0.39 is 23.8 Å². The fourth-order valence-corrected chi connectivity index (χ4v) is 1.41. The SMILES string of the molecule is [B][C@@H]1O[C@H](CO)[C@H](O)C1(O)C=C=C(C)C. The normalized spacial score (nSPS) is 39.9. The highest BCUT2D eigenvalue weighted by Gasteiger charge is 2.50. The molecule has 0 amide bonds. The number of ether oxygens (including phenoxy) is 1. The minimum Gasteiger partial charge on any atom is -0.394 e. The van der Waals surface area contributed by atoms with E-state index in [1.165, 1.54) is 6.08 Å². The topological polar surface area (TPSA) is 69.9 Å². The van der Waals surface area contributed by atoms with Crippen molar-refractivity contribution in [3.05, 3.63) is 17.4 Å². The second-order valence-corrected chi connectivity index (χ2v) is 3.90. The maximum absolute atomic E-state index is 10.0. The average Bonchev–Trinajstić information content (AvgIpc) is 2.40. The highest BCUT2D eigenvalue weighted by atomic mass is 16.6. The molecule has 4 atom stereocenters. The third-order valence-electron chi connectivity index (χ3n) is 2.38. The standard InChI is InChI=1S/C10H15BO4/c1-6(2)3-4-10(14)8(13)7(5-12)15-9(10)11/h4,7-9,12-14H,5H2,1-2H3/t7-,8+,9-,10?/m1/s1. The Kier molecular flexibility index (Phi) is 3.76. The van der Waals surface area contributed by atoms with Gasteiger partial charge in [0, 0.05) is 0 Å². The van der Waals surface area contributed by atoms with Crippen molar-refractivity contribution in [2.24, 2.45) is 0 Å². The zero-order chi connectivity index (χ0) is 11.6. The van der Waals surface area contributed by atoms with Gasteiger partial charge in [-0.15, -0.1) is 5.73 Å². The number of hydrogen-bond acceptors (Lipinski definition) is 4. The van der Waals surface area contributed by atoms with Gasteiger partial charge in [0.15, 0.2) is 0 Å². The number of rotatable bonds is 2. The Morgan fingerprint density at radius 2 is 2.20 bits per heavy atom. The third-order valence-corrected chi connectivity index (χ3v) is 2.38. The first-order valence-electron chi connectivity index (χ1n) is 4.75. The molecular weight excluding hydrogens is 195 g/mol. The van der Waals surface area contributed by atoms with Gasteiger partial charge in [0.2, 0.25) is 0 Å². The minimum atomic E-state index is -1.69. The molecule has 1 saturated heterocycles. The van der Waals surface area contributed by atoms with Gasteiger partial charge >= 0.3 is 0 Å². The summed E-state index contributed by atoms with van der Waals surface area (Å²) in [5.41, 5.74) is 1.93. The van der Waals surface area contributed by atoms with Crippen molar-refractivity contribution in [3.8, 4) is 0 Å². The molecule has 2 radical (unpaired) electrons. The highest BCUT2D eigenvalue weighted by Crippen LogP contribution is 2.30. The van der Waals surface area contributed by atoms with Crippen molar-refractivity contribution >= 4 is 7.85 Å². The molecule has 1 heterocycles. The maximum Gasteiger partial charge on any atom is 0.136 e. The van der Waals surface area contributed by atoms with Gasteiger partial charge in [0.1, 0.15) is 25.7 Å². The van der Waals surface area contributed by atoms with Crippen molar-refractivity contribution in [2.45, 2.75) is 37.7 Å². The summed E-state index contributed by atoms with van der Waals surface area (Å²) in [7, 11) is 5.53. The molecular formula is C10H15BO4. The largest absolute Gasteiger partial charge is 0.394 e. The first-order chi connectivity index (χ1) is 6.91. The molecule has 0 aliphatic carbocycles. The van der Waals surface area contributed by atoms with Crippen LogP contribution >= 0.6 is 0 Å². The van der Waals surface area contributed by atoms with Crippen LogP contribution in [0.25, 0.3) is 0 Å². The smallest absolute Gasteiger partial charge is 0.136 e. The van der Waals surface area contributed by atoms with Crippen LogP contribution in [0.4, 0.5) is 0 Å². The lowest BCUT2D eigenvalue weighted by atomic mass is 9.80. The fraction of sp³-hybridized carbons (Fsp3) is 0.700. The fourth-order valence-electron chi connectivity index (χ4n) is 1.41. The highest BCUT2D eigenvalue weighted by molar-refractivity contribution is 6.12. The van der Waals surface area contributed by atoms with Crippen molar-refractivity contribution in [1.82, 2.24) is 0 Å². The molecule has 0 aromatic rings. The molecule has 3 N–H and O–H groups in total. The quantitative estimate of drug-likeness (QED) is 0.407. The van der Waals surface area contributed by atoms with Gasteiger partial charge in [-0.3, -0.25) is 0 Å². The van der Waals surface area contributed by atoms with E-state index in [0.717, 1.165) is 5.57 Å². The van der Waals surface area contributed by atoms with Crippen LogP contribution in [-0.4, -0.2) is 53.6 Å². The zero-order valence-corrected chi connectivity index (χ0v) is 8.84. The molecule has 0 aromatic heterocycles. The lowest BCUT2D eigenvalue weighted by Crippen LogP contribution is -2.47. The molecule has 0 aromatic carbocycles. The van der Waals surface area contributed by atoms with Gasteiger partial charge in [0.25, 0.3) is 0 Å². The molecule has 0 bridgehead atoms. The second kappa shape index (κ2) is 4.52. The maximum atomic E-state index is 10.0. The lowest BCUT2D eigenvalue weighted by Gasteiger charge is -2.25. The Bertz CT molecular complexity index is 294. The first-order valence-corrected chi connectivity index (χ1v) is 4.75. The number of hydrogen-bond donors (Lipinski definition) is 3. The van der Waals surface area contributed by atoms with Gasteiger partial charge in [0.05, 0.1) is 12.6 Å². The molecule has 1 rings (SSSR count). The van der Waals surface area contributed by atoms with Gasteiger partial charge < -0.3 is 20.1 Å². The number of aliphatic hydroxyl groups is 3. The van der Waals surface area contributed by atoms with Crippen LogP contribution in [0.1, 0.15) is 13.8 Å². The molecule has 0 saturated carbocycles. The molecule has 15 heavy (non-hydrogen) atoms. The number of aliphatic hydroxyl groups excluding tert-OH is 2. The molecule has 82 valence electrons. The Hall–Kier alpha value is -0.575. The summed E-state index contributed by atoms with van der Waals surface area (Å²) < 4.78 is 5.02. The summed E-state index contributed by atoms with van der Waals surface area (Å²) in [5, 5.41) is 28.6. The summed E-state index contributed by atoms with van der Waals surface area (Å²) >= 11 is 0. The van der Waals surface area contributed by atoms with E-state index >= 15 is 0 Å². The predicted octanol–water partition coefficient (Wildman–Crippen LogP) is -0.915. The van der Waals surface area contributed by atoms with E-state index in [-0.39, 0.29) is 6.61 Å². The molecule has 1 unspecified atom stereocenters. The van der Waals surface area contributed by atoms with Crippen LogP contribution in [0.3, 0.4) is 0 Å². The van der Waals surface area contributed by atoms with E-state index in [0.29, 0.717) is 0 Å².